The molecule has 2 heterocycles. The number of hydrazine groups is 1. The zero-order valence-electron chi connectivity index (χ0n) is 24.9. The van der Waals surface area contributed by atoms with E-state index in [1.54, 1.807) is 0 Å². The fourth-order valence-corrected chi connectivity index (χ4v) is 5.92. The summed E-state index contributed by atoms with van der Waals surface area (Å²) < 4.78 is 38.3. The fourth-order valence-electron chi connectivity index (χ4n) is 5.92. The first-order valence-corrected chi connectivity index (χ1v) is 14.0. The van der Waals surface area contributed by atoms with Crippen LogP contribution < -0.4 is 5.32 Å². The molecule has 2 aliphatic rings. The van der Waals surface area contributed by atoms with Crippen LogP contribution in [0.25, 0.3) is 0 Å². The molecule has 0 saturated carbocycles. The standard InChI is InChI=1S/C31H38F2N4O5.ClH/c1-20-14-21(2)16-24(15-20)22-8-12-35(13-9-22)10-5-11-36(19-38)37-29(23-6-7-25(32)26(33)17-23)28(30(39)42-4)27(18-41-3)34-31(37)40;/h6-7,14-17,19,22,29H,5,8-13,18H2,1-4H3,(H,34,40);1H. The third-order valence-electron chi connectivity index (χ3n) is 7.83. The molecule has 0 radical (unpaired) electrons. The number of amides is 3. The summed E-state index contributed by atoms with van der Waals surface area (Å²) in [5.41, 5.74) is 4.07. The fraction of sp³-hybridized carbons (Fsp3) is 0.452. The number of nitrogens with zero attached hydrogens (tertiary/aromatic N) is 3. The second kappa shape index (κ2) is 15.3. The Bertz CT molecular complexity index is 1330. The highest BCUT2D eigenvalue weighted by molar-refractivity contribution is 5.95. The van der Waals surface area contributed by atoms with Crippen molar-refractivity contribution in [1.29, 1.82) is 0 Å². The number of ether oxygens (including phenoxy) is 2. The number of likely N-dealkylation sites (tertiary alicyclic amines) is 1. The van der Waals surface area contributed by atoms with Gasteiger partial charge in [-0.3, -0.25) is 9.80 Å². The van der Waals surface area contributed by atoms with Crippen molar-refractivity contribution in [3.63, 3.8) is 0 Å². The minimum absolute atomic E-state index is 0. The van der Waals surface area contributed by atoms with Crippen LogP contribution >= 0.6 is 12.4 Å². The van der Waals surface area contributed by atoms with E-state index >= 15 is 0 Å². The largest absolute Gasteiger partial charge is 0.466 e. The minimum atomic E-state index is -1.26. The number of hydrogen-bond acceptors (Lipinski definition) is 6. The van der Waals surface area contributed by atoms with Gasteiger partial charge >= 0.3 is 12.0 Å². The highest BCUT2D eigenvalue weighted by atomic mass is 35.5. The molecule has 234 valence electrons. The molecule has 1 saturated heterocycles. The molecular formula is C31H39ClF2N4O5. The first-order chi connectivity index (χ1) is 20.2. The third kappa shape index (κ3) is 7.90. The number of hydrogen-bond donors (Lipinski definition) is 1. The topological polar surface area (TPSA) is 91.4 Å². The van der Waals surface area contributed by atoms with E-state index in [-0.39, 0.29) is 42.4 Å². The van der Waals surface area contributed by atoms with Crippen LogP contribution in [0.3, 0.4) is 0 Å². The van der Waals surface area contributed by atoms with E-state index in [0.717, 1.165) is 48.1 Å². The lowest BCUT2D eigenvalue weighted by molar-refractivity contribution is -0.141. The van der Waals surface area contributed by atoms with Crippen molar-refractivity contribution in [3.8, 4) is 0 Å². The van der Waals surface area contributed by atoms with Gasteiger partial charge in [-0.05, 0) is 81.9 Å². The van der Waals surface area contributed by atoms with Crippen molar-refractivity contribution in [3.05, 3.63) is 81.6 Å². The molecule has 1 N–H and O–H groups in total. The molecule has 0 spiro atoms. The number of halogens is 3. The Morgan fingerprint density at radius 2 is 1.72 bits per heavy atom. The van der Waals surface area contributed by atoms with E-state index in [0.29, 0.717) is 25.3 Å². The van der Waals surface area contributed by atoms with E-state index in [4.69, 9.17) is 9.47 Å². The number of benzene rings is 2. The van der Waals surface area contributed by atoms with Gasteiger partial charge in [0.05, 0.1) is 25.0 Å². The maximum Gasteiger partial charge on any atom is 0.341 e. The van der Waals surface area contributed by atoms with Crippen molar-refractivity contribution in [2.24, 2.45) is 0 Å². The van der Waals surface area contributed by atoms with Crippen LogP contribution in [-0.2, 0) is 19.1 Å². The Morgan fingerprint density at radius 1 is 1.05 bits per heavy atom. The molecule has 4 rings (SSSR count). The molecule has 2 aromatic carbocycles. The summed E-state index contributed by atoms with van der Waals surface area (Å²) in [6, 6.07) is 7.81. The Balaban J connectivity index is 0.00000506. The Labute approximate surface area is 257 Å². The number of esters is 1. The van der Waals surface area contributed by atoms with Crippen LogP contribution in [0, 0.1) is 25.5 Å². The molecule has 43 heavy (non-hydrogen) atoms. The molecule has 1 atom stereocenters. The second-order valence-corrected chi connectivity index (χ2v) is 10.8. The maximum atomic E-state index is 14.3. The van der Waals surface area contributed by atoms with Gasteiger partial charge in [0.25, 0.3) is 0 Å². The van der Waals surface area contributed by atoms with E-state index in [9.17, 15) is 23.2 Å². The Morgan fingerprint density at radius 3 is 2.30 bits per heavy atom. The monoisotopic (exact) mass is 620 g/mol. The van der Waals surface area contributed by atoms with Gasteiger partial charge in [-0.1, -0.05) is 35.4 Å². The molecule has 0 bridgehead atoms. The van der Waals surface area contributed by atoms with Gasteiger partial charge < -0.3 is 19.7 Å². The van der Waals surface area contributed by atoms with Crippen LogP contribution in [-0.4, -0.2) is 80.3 Å². The first kappa shape index (κ1) is 34.0. The smallest absolute Gasteiger partial charge is 0.341 e. The summed E-state index contributed by atoms with van der Waals surface area (Å²) in [7, 11) is 2.55. The first-order valence-electron chi connectivity index (χ1n) is 14.0. The average Bonchev–Trinajstić information content (AvgIpc) is 2.96. The number of aryl methyl sites for hydroxylation is 2. The number of nitrogens with one attached hydrogen (secondary N) is 1. The van der Waals surface area contributed by atoms with Gasteiger partial charge in [0.2, 0.25) is 6.41 Å². The lowest BCUT2D eigenvalue weighted by Gasteiger charge is -2.42. The summed E-state index contributed by atoms with van der Waals surface area (Å²) in [5.74, 6) is -2.54. The van der Waals surface area contributed by atoms with Crippen molar-refractivity contribution in [2.75, 3.05) is 47.0 Å². The van der Waals surface area contributed by atoms with Crippen LogP contribution in [0.15, 0.2) is 47.7 Å². The average molecular weight is 621 g/mol. The molecule has 9 nitrogen and oxygen atoms in total. The molecular weight excluding hydrogens is 582 g/mol. The van der Waals surface area contributed by atoms with Crippen LogP contribution in [0.2, 0.25) is 0 Å². The number of methoxy groups -OCH3 is 2. The zero-order valence-corrected chi connectivity index (χ0v) is 25.7. The molecule has 2 aromatic rings. The second-order valence-electron chi connectivity index (χ2n) is 10.8. The third-order valence-corrected chi connectivity index (χ3v) is 7.83. The summed E-state index contributed by atoms with van der Waals surface area (Å²) in [6.45, 7) is 6.76. The van der Waals surface area contributed by atoms with Gasteiger partial charge in [-0.2, -0.15) is 0 Å². The van der Waals surface area contributed by atoms with E-state index < -0.39 is 29.7 Å². The SMILES string of the molecule is COCC1=C(C(=O)OC)C(c2ccc(F)c(F)c2)N(N(C=O)CCCN2CCC(c3cc(C)cc(C)c3)CC2)C(=O)N1.Cl. The van der Waals surface area contributed by atoms with E-state index in [1.807, 2.05) is 0 Å². The van der Waals surface area contributed by atoms with Crippen molar-refractivity contribution in [1.82, 2.24) is 20.2 Å². The number of carbonyl (C=O) groups excluding carboxylic acids is 3. The number of piperidine rings is 1. The molecule has 1 fully saturated rings. The van der Waals surface area contributed by atoms with Gasteiger partial charge in [0.1, 0.15) is 6.04 Å². The maximum absolute atomic E-state index is 14.3. The minimum Gasteiger partial charge on any atom is -0.466 e. The lowest BCUT2D eigenvalue weighted by atomic mass is 9.87. The molecule has 0 aliphatic carbocycles. The van der Waals surface area contributed by atoms with Gasteiger partial charge in [0, 0.05) is 13.7 Å². The predicted molar refractivity (Wildman–Crippen MR) is 159 cm³/mol. The predicted octanol–water partition coefficient (Wildman–Crippen LogP) is 4.79. The molecule has 2 aliphatic heterocycles. The molecule has 0 aromatic heterocycles. The van der Waals surface area contributed by atoms with Crippen molar-refractivity contribution >= 4 is 30.8 Å². The Hall–Kier alpha value is -3.54. The normalized spacial score (nSPS) is 17.8. The number of carbonyl (C=O) groups is 3. The van der Waals surface area contributed by atoms with Gasteiger partial charge in [-0.15, -0.1) is 12.4 Å². The summed E-state index contributed by atoms with van der Waals surface area (Å²) >= 11 is 0. The van der Waals surface area contributed by atoms with Crippen LogP contribution in [0.5, 0.6) is 0 Å². The van der Waals surface area contributed by atoms with Crippen molar-refractivity contribution in [2.45, 2.75) is 45.1 Å². The molecule has 3 amide bonds. The zero-order chi connectivity index (χ0) is 30.4. The van der Waals surface area contributed by atoms with E-state index in [2.05, 4.69) is 42.3 Å². The molecule has 12 heteroatoms. The molecule has 1 unspecified atom stereocenters. The van der Waals surface area contributed by atoms with E-state index in [1.165, 1.54) is 37.0 Å². The quantitative estimate of drug-likeness (QED) is 0.287. The number of urea groups is 1. The number of rotatable bonds is 11. The van der Waals surface area contributed by atoms with Gasteiger partial charge in [0.15, 0.2) is 11.6 Å². The summed E-state index contributed by atoms with van der Waals surface area (Å²) in [5, 5.41) is 4.82. The highest BCUT2D eigenvalue weighted by Gasteiger charge is 2.42. The summed E-state index contributed by atoms with van der Waals surface area (Å²) in [4.78, 5) is 41.0. The highest BCUT2D eigenvalue weighted by Crippen LogP contribution is 2.36. The summed E-state index contributed by atoms with van der Waals surface area (Å²) in [6.07, 6.45) is 3.10. The van der Waals surface area contributed by atoms with Gasteiger partial charge in [-0.25, -0.2) is 23.4 Å². The Kier molecular flexibility index (Phi) is 12.1. The van der Waals surface area contributed by atoms with Crippen molar-refractivity contribution < 1.29 is 32.6 Å². The lowest BCUT2D eigenvalue weighted by Crippen LogP contribution is -2.57. The van der Waals surface area contributed by atoms with Crippen LogP contribution in [0.4, 0.5) is 13.6 Å². The van der Waals surface area contributed by atoms with Crippen LogP contribution in [0.1, 0.15) is 53.5 Å².